The van der Waals surface area contributed by atoms with E-state index in [9.17, 15) is 13.2 Å². The lowest BCUT2D eigenvalue weighted by atomic mass is 9.86. The Bertz CT molecular complexity index is 1100. The summed E-state index contributed by atoms with van der Waals surface area (Å²) in [6, 6.07) is 5.43. The van der Waals surface area contributed by atoms with Gasteiger partial charge < -0.3 is 15.8 Å². The Morgan fingerprint density at radius 1 is 1.24 bits per heavy atom. The van der Waals surface area contributed by atoms with Crippen LogP contribution in [0.4, 0.5) is 4.79 Å². The SMILES string of the molecule is CC(C)OC(=O)N[C@H]1CC[C@H](c2ncc(-c3ccc(CN)cc3S(=O)(=O)NC(C)(C)C)s2)CC1. The van der Waals surface area contributed by atoms with E-state index in [0.717, 1.165) is 41.1 Å². The molecule has 1 aliphatic carbocycles. The van der Waals surface area contributed by atoms with Gasteiger partial charge >= 0.3 is 6.09 Å². The van der Waals surface area contributed by atoms with Gasteiger partial charge in [-0.25, -0.2) is 22.9 Å². The highest BCUT2D eigenvalue weighted by Crippen LogP contribution is 2.39. The number of nitrogens with zero attached hydrogens (tertiary/aromatic N) is 1. The molecule has 34 heavy (non-hydrogen) atoms. The Morgan fingerprint density at radius 2 is 1.91 bits per heavy atom. The molecule has 1 saturated carbocycles. The molecular weight excluding hydrogens is 472 g/mol. The molecule has 4 N–H and O–H groups in total. The van der Waals surface area contributed by atoms with Crippen molar-refractivity contribution >= 4 is 27.5 Å². The van der Waals surface area contributed by atoms with E-state index < -0.39 is 15.6 Å². The van der Waals surface area contributed by atoms with Gasteiger partial charge in [-0.3, -0.25) is 0 Å². The number of hydrogen-bond donors (Lipinski definition) is 3. The average Bonchev–Trinajstić information content (AvgIpc) is 3.21. The molecule has 1 aromatic heterocycles. The summed E-state index contributed by atoms with van der Waals surface area (Å²) in [6.45, 7) is 9.36. The van der Waals surface area contributed by atoms with Crippen LogP contribution in [0.2, 0.25) is 0 Å². The monoisotopic (exact) mass is 508 g/mol. The van der Waals surface area contributed by atoms with Gasteiger partial charge in [-0.05, 0) is 71.9 Å². The number of sulfonamides is 1. The molecule has 188 valence electrons. The molecule has 1 heterocycles. The van der Waals surface area contributed by atoms with Crippen molar-refractivity contribution in [3.05, 3.63) is 35.0 Å². The third kappa shape index (κ3) is 7.00. The van der Waals surface area contributed by atoms with Crippen molar-refractivity contribution in [2.45, 2.75) is 95.3 Å². The molecule has 0 saturated heterocycles. The minimum atomic E-state index is -3.75. The Morgan fingerprint density at radius 3 is 2.50 bits per heavy atom. The zero-order chi connectivity index (χ0) is 25.1. The van der Waals surface area contributed by atoms with Gasteiger partial charge in [0.25, 0.3) is 0 Å². The Kier molecular flexibility index (Phi) is 8.38. The first-order valence-electron chi connectivity index (χ1n) is 11.7. The summed E-state index contributed by atoms with van der Waals surface area (Å²) in [7, 11) is -3.75. The number of hydrogen-bond acceptors (Lipinski definition) is 7. The number of carbonyl (C=O) groups is 1. The first-order valence-corrected chi connectivity index (χ1v) is 14.0. The van der Waals surface area contributed by atoms with Gasteiger partial charge in [-0.1, -0.05) is 12.1 Å². The number of amides is 1. The van der Waals surface area contributed by atoms with Crippen LogP contribution in [-0.4, -0.2) is 37.2 Å². The molecule has 2 aromatic rings. The number of rotatable bonds is 7. The summed E-state index contributed by atoms with van der Waals surface area (Å²) in [5.74, 6) is 0.286. The van der Waals surface area contributed by atoms with E-state index in [0.29, 0.717) is 5.56 Å². The number of carbonyl (C=O) groups excluding carboxylic acids is 1. The number of alkyl carbamates (subject to hydrolysis) is 1. The summed E-state index contributed by atoms with van der Waals surface area (Å²) in [5.41, 5.74) is 6.56. The van der Waals surface area contributed by atoms with Crippen molar-refractivity contribution in [2.24, 2.45) is 5.73 Å². The standard InChI is InChI=1S/C24H36N4O4S2/c1-15(2)32-23(29)27-18-9-7-17(8-10-18)22-26-14-20(33-22)19-11-6-16(13-25)12-21(19)34(30,31)28-24(3,4)5/h6,11-12,14-15,17-18,28H,7-10,13,25H2,1-5H3,(H,27,29)/t17-,18-. The van der Waals surface area contributed by atoms with Crippen molar-refractivity contribution < 1.29 is 17.9 Å². The maximum atomic E-state index is 13.2. The fraction of sp³-hybridized carbons (Fsp3) is 0.583. The lowest BCUT2D eigenvalue weighted by Gasteiger charge is -2.28. The lowest BCUT2D eigenvalue weighted by Crippen LogP contribution is -2.40. The summed E-state index contributed by atoms with van der Waals surface area (Å²) in [4.78, 5) is 17.6. The van der Waals surface area contributed by atoms with Crippen LogP contribution in [0.1, 0.15) is 76.8 Å². The summed E-state index contributed by atoms with van der Waals surface area (Å²) < 4.78 is 34.3. The predicted molar refractivity (Wildman–Crippen MR) is 135 cm³/mol. The van der Waals surface area contributed by atoms with Crippen LogP contribution < -0.4 is 15.8 Å². The van der Waals surface area contributed by atoms with Gasteiger partial charge in [0.1, 0.15) is 0 Å². The molecule has 3 rings (SSSR count). The fourth-order valence-electron chi connectivity index (χ4n) is 4.08. The Hall–Kier alpha value is -2.01. The first kappa shape index (κ1) is 26.6. The molecule has 0 unspecified atom stereocenters. The van der Waals surface area contributed by atoms with Crippen LogP contribution in [0.15, 0.2) is 29.3 Å². The number of ether oxygens (including phenoxy) is 1. The van der Waals surface area contributed by atoms with Crippen molar-refractivity contribution in [2.75, 3.05) is 0 Å². The van der Waals surface area contributed by atoms with Crippen molar-refractivity contribution in [3.63, 3.8) is 0 Å². The number of thiazole rings is 1. The molecule has 10 heteroatoms. The minimum Gasteiger partial charge on any atom is -0.447 e. The zero-order valence-corrected chi connectivity index (χ0v) is 22.2. The molecule has 0 bridgehead atoms. The van der Waals surface area contributed by atoms with Crippen molar-refractivity contribution in [1.82, 2.24) is 15.0 Å². The first-order chi connectivity index (χ1) is 15.9. The summed E-state index contributed by atoms with van der Waals surface area (Å²) in [6.07, 6.45) is 4.77. The van der Waals surface area contributed by atoms with Crippen LogP contribution in [0.3, 0.4) is 0 Å². The van der Waals surface area contributed by atoms with Gasteiger partial charge in [-0.15, -0.1) is 11.3 Å². The van der Waals surface area contributed by atoms with Gasteiger partial charge in [0, 0.05) is 35.8 Å². The van der Waals surface area contributed by atoms with E-state index in [1.807, 2.05) is 46.8 Å². The lowest BCUT2D eigenvalue weighted by molar-refractivity contribution is 0.109. The van der Waals surface area contributed by atoms with Gasteiger partial charge in [0.15, 0.2) is 0 Å². The topological polar surface area (TPSA) is 123 Å². The van der Waals surface area contributed by atoms with Crippen LogP contribution in [0.25, 0.3) is 10.4 Å². The van der Waals surface area contributed by atoms with Crippen LogP contribution >= 0.6 is 11.3 Å². The number of benzene rings is 1. The van der Waals surface area contributed by atoms with Crippen LogP contribution in [-0.2, 0) is 21.3 Å². The molecule has 0 aliphatic heterocycles. The summed E-state index contributed by atoms with van der Waals surface area (Å²) >= 11 is 1.53. The van der Waals surface area contributed by atoms with Crippen molar-refractivity contribution in [3.8, 4) is 10.4 Å². The maximum absolute atomic E-state index is 13.2. The second-order valence-electron chi connectivity index (χ2n) is 10.1. The quantitative estimate of drug-likeness (QED) is 0.506. The van der Waals surface area contributed by atoms with E-state index in [4.69, 9.17) is 10.5 Å². The summed E-state index contributed by atoms with van der Waals surface area (Å²) in [5, 5.41) is 3.94. The van der Waals surface area contributed by atoms with E-state index >= 15 is 0 Å². The second kappa shape index (κ2) is 10.7. The maximum Gasteiger partial charge on any atom is 0.407 e. The Balaban J connectivity index is 1.77. The van der Waals surface area contributed by atoms with Crippen molar-refractivity contribution in [1.29, 1.82) is 0 Å². The average molecular weight is 509 g/mol. The predicted octanol–water partition coefficient (Wildman–Crippen LogP) is 4.51. The third-order valence-corrected chi connectivity index (χ3v) is 8.53. The molecule has 1 aromatic carbocycles. The number of nitrogens with one attached hydrogen (secondary N) is 2. The van der Waals surface area contributed by atoms with Gasteiger partial charge in [0.2, 0.25) is 10.0 Å². The van der Waals surface area contributed by atoms with E-state index in [1.165, 1.54) is 11.3 Å². The smallest absolute Gasteiger partial charge is 0.407 e. The molecule has 0 spiro atoms. The van der Waals surface area contributed by atoms with Crippen LogP contribution in [0, 0.1) is 0 Å². The molecule has 1 amide bonds. The molecule has 1 aliphatic rings. The number of aromatic nitrogens is 1. The fourth-order valence-corrected chi connectivity index (χ4v) is 6.96. The normalized spacial score (nSPS) is 19.3. The zero-order valence-electron chi connectivity index (χ0n) is 20.6. The number of nitrogens with two attached hydrogens (primary N) is 1. The third-order valence-electron chi connectivity index (χ3n) is 5.54. The van der Waals surface area contributed by atoms with E-state index in [1.54, 1.807) is 12.3 Å². The molecule has 0 atom stereocenters. The van der Waals surface area contributed by atoms with Crippen LogP contribution in [0.5, 0.6) is 0 Å². The van der Waals surface area contributed by atoms with E-state index in [-0.39, 0.29) is 35.6 Å². The highest BCUT2D eigenvalue weighted by Gasteiger charge is 2.29. The highest BCUT2D eigenvalue weighted by molar-refractivity contribution is 7.89. The molecule has 1 fully saturated rings. The minimum absolute atomic E-state index is 0.103. The largest absolute Gasteiger partial charge is 0.447 e. The highest BCUT2D eigenvalue weighted by atomic mass is 32.2. The molecule has 8 nitrogen and oxygen atoms in total. The van der Waals surface area contributed by atoms with Gasteiger partial charge in [-0.2, -0.15) is 0 Å². The molecular formula is C24H36N4O4S2. The molecule has 0 radical (unpaired) electrons. The van der Waals surface area contributed by atoms with Gasteiger partial charge in [0.05, 0.1) is 20.9 Å². The second-order valence-corrected chi connectivity index (χ2v) is 12.8. The van der Waals surface area contributed by atoms with E-state index in [2.05, 4.69) is 15.0 Å². The Labute approximate surface area is 206 Å².